The van der Waals surface area contributed by atoms with Crippen molar-refractivity contribution < 1.29 is 22.5 Å². The highest BCUT2D eigenvalue weighted by molar-refractivity contribution is 6.67. The van der Waals surface area contributed by atoms with Gasteiger partial charge in [-0.15, -0.1) is 0 Å². The van der Waals surface area contributed by atoms with Gasteiger partial charge in [-0.25, -0.2) is 4.99 Å². The van der Waals surface area contributed by atoms with Gasteiger partial charge < -0.3 is 0 Å². The molecule has 0 spiro atoms. The summed E-state index contributed by atoms with van der Waals surface area (Å²) in [6.45, 7) is 0. The molecule has 0 unspecified atom stereocenters. The number of nitro groups is 1. The van der Waals surface area contributed by atoms with Crippen LogP contribution in [0.5, 0.6) is 0 Å². The summed E-state index contributed by atoms with van der Waals surface area (Å²) in [5.74, 6) is -1.24. The standard InChI is InChI=1S/C11H7ClF4N2O2/c12-10(11(14,15)16)17-8-4-9(18(19)20)7(13)3-6(8)5-1-2-5/h3-5H,1-2H2. The first-order chi connectivity index (χ1) is 9.20. The third-order valence-electron chi connectivity index (χ3n) is 2.76. The molecule has 0 radical (unpaired) electrons. The summed E-state index contributed by atoms with van der Waals surface area (Å²) in [7, 11) is 0. The zero-order valence-electron chi connectivity index (χ0n) is 9.75. The molecular weight excluding hydrogens is 304 g/mol. The number of halogens is 5. The maximum Gasteiger partial charge on any atom is 0.444 e. The molecule has 0 atom stereocenters. The number of alkyl halides is 3. The number of aliphatic imine (C=N–C) groups is 1. The Morgan fingerprint density at radius 2 is 2.00 bits per heavy atom. The highest BCUT2D eigenvalue weighted by Crippen LogP contribution is 2.46. The van der Waals surface area contributed by atoms with E-state index in [0.717, 1.165) is 6.07 Å². The SMILES string of the molecule is O=[N+]([O-])c1cc(N=C(Cl)C(F)(F)F)c(C2CC2)cc1F. The summed E-state index contributed by atoms with van der Waals surface area (Å²) in [6.07, 6.45) is -3.52. The van der Waals surface area contributed by atoms with Crippen molar-refractivity contribution in [2.45, 2.75) is 24.9 Å². The van der Waals surface area contributed by atoms with Crippen LogP contribution in [0.4, 0.5) is 28.9 Å². The summed E-state index contributed by atoms with van der Waals surface area (Å²) in [6, 6.07) is 1.53. The van der Waals surface area contributed by atoms with Crippen molar-refractivity contribution in [1.29, 1.82) is 0 Å². The first kappa shape index (κ1) is 14.7. The van der Waals surface area contributed by atoms with Crippen molar-refractivity contribution in [3.05, 3.63) is 33.6 Å². The Balaban J connectivity index is 2.55. The molecule has 1 aromatic rings. The van der Waals surface area contributed by atoms with Gasteiger partial charge in [-0.05, 0) is 30.4 Å². The van der Waals surface area contributed by atoms with Crippen LogP contribution in [0.1, 0.15) is 24.3 Å². The highest BCUT2D eigenvalue weighted by atomic mass is 35.5. The fraction of sp³-hybridized carbons (Fsp3) is 0.364. The minimum absolute atomic E-state index is 0.137. The number of nitro benzene ring substituents is 1. The Morgan fingerprint density at radius 3 is 2.45 bits per heavy atom. The molecule has 9 heteroatoms. The second-order valence-electron chi connectivity index (χ2n) is 4.29. The lowest BCUT2D eigenvalue weighted by Crippen LogP contribution is -2.16. The van der Waals surface area contributed by atoms with Crippen LogP contribution in [0.2, 0.25) is 0 Å². The minimum atomic E-state index is -4.86. The van der Waals surface area contributed by atoms with E-state index in [1.165, 1.54) is 0 Å². The van der Waals surface area contributed by atoms with Crippen LogP contribution in [0.3, 0.4) is 0 Å². The lowest BCUT2D eigenvalue weighted by molar-refractivity contribution is -0.387. The van der Waals surface area contributed by atoms with E-state index in [1.54, 1.807) is 0 Å². The minimum Gasteiger partial charge on any atom is -0.258 e. The molecule has 1 aromatic carbocycles. The van der Waals surface area contributed by atoms with Crippen molar-refractivity contribution in [1.82, 2.24) is 0 Å². The molecular formula is C11H7ClF4N2O2. The maximum atomic E-state index is 13.5. The van der Waals surface area contributed by atoms with Gasteiger partial charge in [0.05, 0.1) is 10.6 Å². The molecule has 1 aliphatic carbocycles. The molecule has 0 heterocycles. The number of rotatable bonds is 3. The summed E-state index contributed by atoms with van der Waals surface area (Å²) in [5.41, 5.74) is -1.04. The molecule has 0 saturated heterocycles. The van der Waals surface area contributed by atoms with E-state index < -0.39 is 27.8 Å². The normalized spacial score (nSPS) is 16.4. The van der Waals surface area contributed by atoms with E-state index in [0.29, 0.717) is 18.9 Å². The fourth-order valence-corrected chi connectivity index (χ4v) is 1.78. The van der Waals surface area contributed by atoms with Crippen molar-refractivity contribution in [2.75, 3.05) is 0 Å². The summed E-state index contributed by atoms with van der Waals surface area (Å²) < 4.78 is 50.5. The van der Waals surface area contributed by atoms with Crippen LogP contribution < -0.4 is 0 Å². The number of hydrogen-bond acceptors (Lipinski definition) is 3. The molecule has 0 bridgehead atoms. The Hall–Kier alpha value is -1.70. The van der Waals surface area contributed by atoms with Crippen LogP contribution in [0.15, 0.2) is 17.1 Å². The molecule has 0 N–H and O–H groups in total. The monoisotopic (exact) mass is 310 g/mol. The first-order valence-corrected chi connectivity index (χ1v) is 5.87. The molecule has 0 amide bonds. The third-order valence-corrected chi connectivity index (χ3v) is 3.06. The predicted octanol–water partition coefficient (Wildman–Crippen LogP) is 4.44. The van der Waals surface area contributed by atoms with E-state index in [-0.39, 0.29) is 17.2 Å². The molecule has 0 aliphatic heterocycles. The van der Waals surface area contributed by atoms with Crippen molar-refractivity contribution in [3.8, 4) is 0 Å². The van der Waals surface area contributed by atoms with E-state index in [2.05, 4.69) is 4.99 Å². The van der Waals surface area contributed by atoms with E-state index in [4.69, 9.17) is 11.6 Å². The van der Waals surface area contributed by atoms with Gasteiger partial charge in [0.1, 0.15) is 0 Å². The second-order valence-corrected chi connectivity index (χ2v) is 4.65. The van der Waals surface area contributed by atoms with Crippen LogP contribution in [-0.4, -0.2) is 16.3 Å². The smallest absolute Gasteiger partial charge is 0.258 e. The molecule has 4 nitrogen and oxygen atoms in total. The molecule has 108 valence electrons. The van der Waals surface area contributed by atoms with Gasteiger partial charge >= 0.3 is 11.9 Å². The Morgan fingerprint density at radius 1 is 1.40 bits per heavy atom. The van der Waals surface area contributed by atoms with Gasteiger partial charge in [-0.1, -0.05) is 11.6 Å². The van der Waals surface area contributed by atoms with E-state index >= 15 is 0 Å². The fourth-order valence-electron chi connectivity index (χ4n) is 1.69. The molecule has 0 aromatic heterocycles. The van der Waals surface area contributed by atoms with E-state index in [9.17, 15) is 27.7 Å². The first-order valence-electron chi connectivity index (χ1n) is 5.49. The lowest BCUT2D eigenvalue weighted by atomic mass is 10.1. The Kier molecular flexibility index (Phi) is 3.68. The van der Waals surface area contributed by atoms with Crippen LogP contribution in [-0.2, 0) is 0 Å². The van der Waals surface area contributed by atoms with Crippen LogP contribution >= 0.6 is 11.6 Å². The lowest BCUT2D eigenvalue weighted by Gasteiger charge is -2.07. The largest absolute Gasteiger partial charge is 0.444 e. The maximum absolute atomic E-state index is 13.5. The highest BCUT2D eigenvalue weighted by Gasteiger charge is 2.36. The number of benzene rings is 1. The van der Waals surface area contributed by atoms with Crippen molar-refractivity contribution in [2.24, 2.45) is 4.99 Å². The second kappa shape index (κ2) is 5.01. The Labute approximate surface area is 115 Å². The average molecular weight is 311 g/mol. The van der Waals surface area contributed by atoms with Gasteiger partial charge in [-0.3, -0.25) is 10.1 Å². The molecule has 20 heavy (non-hydrogen) atoms. The van der Waals surface area contributed by atoms with Crippen LogP contribution in [0.25, 0.3) is 0 Å². The zero-order valence-corrected chi connectivity index (χ0v) is 10.5. The third kappa shape index (κ3) is 3.06. The van der Waals surface area contributed by atoms with Crippen LogP contribution in [0, 0.1) is 15.9 Å². The molecule has 1 fully saturated rings. The molecule has 1 saturated carbocycles. The van der Waals surface area contributed by atoms with Crippen molar-refractivity contribution in [3.63, 3.8) is 0 Å². The quantitative estimate of drug-likeness (QED) is 0.358. The van der Waals surface area contributed by atoms with Crippen molar-refractivity contribution >= 4 is 28.1 Å². The summed E-state index contributed by atoms with van der Waals surface area (Å²) >= 11 is 5.02. The molecule has 2 rings (SSSR count). The van der Waals surface area contributed by atoms with Gasteiger partial charge in [0.25, 0.3) is 0 Å². The van der Waals surface area contributed by atoms with Gasteiger partial charge in [0, 0.05) is 6.07 Å². The van der Waals surface area contributed by atoms with Gasteiger partial charge in [0.2, 0.25) is 11.0 Å². The number of nitrogens with zero attached hydrogens (tertiary/aromatic N) is 2. The summed E-state index contributed by atoms with van der Waals surface area (Å²) in [4.78, 5) is 12.8. The Bertz CT molecular complexity index is 597. The summed E-state index contributed by atoms with van der Waals surface area (Å²) in [5, 5.41) is 8.96. The molecule has 1 aliphatic rings. The number of hydrogen-bond donors (Lipinski definition) is 0. The zero-order chi connectivity index (χ0) is 15.1. The topological polar surface area (TPSA) is 55.5 Å². The van der Waals surface area contributed by atoms with Gasteiger partial charge in [-0.2, -0.15) is 17.6 Å². The average Bonchev–Trinajstić information content (AvgIpc) is 3.13. The van der Waals surface area contributed by atoms with E-state index in [1.807, 2.05) is 0 Å². The predicted molar refractivity (Wildman–Crippen MR) is 64.0 cm³/mol. The van der Waals surface area contributed by atoms with Gasteiger partial charge in [0.15, 0.2) is 0 Å².